The highest BCUT2D eigenvalue weighted by atomic mass is 16.6. The molecule has 26 heavy (non-hydrogen) atoms. The fourth-order valence-electron chi connectivity index (χ4n) is 2.89. The Morgan fingerprint density at radius 2 is 1.77 bits per heavy atom. The second-order valence-corrected chi connectivity index (χ2v) is 6.76. The number of likely N-dealkylation sites (N-methyl/N-ethyl adjacent to an activating group) is 1. The molecule has 0 heterocycles. The lowest BCUT2D eigenvalue weighted by Crippen LogP contribution is -3.12. The number of amides is 1. The minimum absolute atomic E-state index is 0.128. The summed E-state index contributed by atoms with van der Waals surface area (Å²) < 4.78 is 11.3. The smallest absolute Gasteiger partial charge is 0.412 e. The maximum absolute atomic E-state index is 12.2. The number of para-hydroxylation sites is 2. The monoisotopic (exact) mass is 365 g/mol. The van der Waals surface area contributed by atoms with Gasteiger partial charge in [-0.1, -0.05) is 44.7 Å². The van der Waals surface area contributed by atoms with E-state index in [1.54, 1.807) is 0 Å². The van der Waals surface area contributed by atoms with E-state index in [1.807, 2.05) is 31.2 Å². The molecule has 2 N–H and O–H groups in total. The van der Waals surface area contributed by atoms with E-state index in [1.165, 1.54) is 30.6 Å². The van der Waals surface area contributed by atoms with Crippen LogP contribution in [-0.2, 0) is 4.74 Å². The Labute approximate surface area is 159 Å². The average Bonchev–Trinajstić information content (AvgIpc) is 2.63. The number of rotatable bonds is 13. The molecule has 0 saturated carbocycles. The van der Waals surface area contributed by atoms with Gasteiger partial charge in [0.05, 0.1) is 25.4 Å². The van der Waals surface area contributed by atoms with Crippen LogP contribution >= 0.6 is 0 Å². The second-order valence-electron chi connectivity index (χ2n) is 6.76. The molecule has 0 spiro atoms. The molecule has 148 valence electrons. The van der Waals surface area contributed by atoms with Crippen LogP contribution in [0.15, 0.2) is 24.3 Å². The van der Waals surface area contributed by atoms with Crippen molar-refractivity contribution in [1.29, 1.82) is 0 Å². The Hall–Kier alpha value is -1.75. The Morgan fingerprint density at radius 3 is 2.46 bits per heavy atom. The van der Waals surface area contributed by atoms with Crippen molar-refractivity contribution in [1.82, 2.24) is 0 Å². The van der Waals surface area contributed by atoms with E-state index in [0.29, 0.717) is 18.0 Å². The number of benzene rings is 1. The van der Waals surface area contributed by atoms with Crippen molar-refractivity contribution >= 4 is 11.8 Å². The molecule has 1 unspecified atom stereocenters. The van der Waals surface area contributed by atoms with Gasteiger partial charge in [0.15, 0.2) is 0 Å². The summed E-state index contributed by atoms with van der Waals surface area (Å²) in [5, 5.41) is 2.82. The zero-order valence-corrected chi connectivity index (χ0v) is 17.0. The third-order valence-electron chi connectivity index (χ3n) is 4.51. The number of hydrogen-bond donors (Lipinski definition) is 2. The summed E-state index contributed by atoms with van der Waals surface area (Å²) in [6, 6.07) is 7.52. The van der Waals surface area contributed by atoms with Crippen molar-refractivity contribution in [2.24, 2.45) is 0 Å². The van der Waals surface area contributed by atoms with Crippen LogP contribution in [-0.4, -0.2) is 38.4 Å². The number of carbonyl (C=O) groups is 1. The molecule has 1 rings (SSSR count). The van der Waals surface area contributed by atoms with Gasteiger partial charge in [-0.25, -0.2) is 4.79 Å². The largest absolute Gasteiger partial charge is 0.491 e. The summed E-state index contributed by atoms with van der Waals surface area (Å²) in [6.07, 6.45) is 5.42. The molecule has 1 aromatic rings. The van der Waals surface area contributed by atoms with E-state index in [0.717, 1.165) is 26.1 Å². The van der Waals surface area contributed by atoms with Crippen LogP contribution < -0.4 is 15.0 Å². The third-order valence-corrected chi connectivity index (χ3v) is 4.51. The molecule has 0 radical (unpaired) electrons. The van der Waals surface area contributed by atoms with Gasteiger partial charge in [-0.2, -0.15) is 0 Å². The standard InChI is InChI=1S/C21H36N2O3/c1-5-8-9-10-13-16-25-20-15-12-11-14-19(20)22-21(24)26-18(4)17-23(6-2)7-3/h11-12,14-15,18H,5-10,13,16-17H2,1-4H3,(H,22,24)/p+1. The molecule has 0 aliphatic heterocycles. The van der Waals surface area contributed by atoms with E-state index in [2.05, 4.69) is 26.1 Å². The van der Waals surface area contributed by atoms with Crippen molar-refractivity contribution < 1.29 is 19.2 Å². The van der Waals surface area contributed by atoms with Gasteiger partial charge in [0, 0.05) is 0 Å². The average molecular weight is 366 g/mol. The summed E-state index contributed by atoms with van der Waals surface area (Å²) >= 11 is 0. The van der Waals surface area contributed by atoms with Crippen molar-refractivity contribution in [3.63, 3.8) is 0 Å². The fraction of sp³-hybridized carbons (Fsp3) is 0.667. The van der Waals surface area contributed by atoms with E-state index in [-0.39, 0.29) is 6.10 Å². The number of quaternary nitrogens is 1. The maximum atomic E-state index is 12.2. The molecule has 0 aromatic heterocycles. The molecular weight excluding hydrogens is 328 g/mol. The van der Waals surface area contributed by atoms with Crippen LogP contribution in [0.25, 0.3) is 0 Å². The molecule has 1 atom stereocenters. The van der Waals surface area contributed by atoms with Gasteiger partial charge in [0.1, 0.15) is 18.4 Å². The van der Waals surface area contributed by atoms with Crippen LogP contribution in [0.5, 0.6) is 5.75 Å². The van der Waals surface area contributed by atoms with Gasteiger partial charge in [0.2, 0.25) is 0 Å². The van der Waals surface area contributed by atoms with Crippen molar-refractivity contribution in [3.8, 4) is 5.75 Å². The molecule has 0 aliphatic carbocycles. The number of carbonyl (C=O) groups excluding carboxylic acids is 1. The predicted octanol–water partition coefficient (Wildman–Crippen LogP) is 3.90. The van der Waals surface area contributed by atoms with Gasteiger partial charge in [-0.3, -0.25) is 5.32 Å². The SMILES string of the molecule is CCCCCCCOc1ccccc1NC(=O)OC(C)C[NH+](CC)CC. The first-order valence-corrected chi connectivity index (χ1v) is 10.1. The Morgan fingerprint density at radius 1 is 1.08 bits per heavy atom. The highest BCUT2D eigenvalue weighted by Crippen LogP contribution is 2.24. The zero-order chi connectivity index (χ0) is 19.2. The number of ether oxygens (including phenoxy) is 2. The van der Waals surface area contributed by atoms with Gasteiger partial charge < -0.3 is 14.4 Å². The maximum Gasteiger partial charge on any atom is 0.412 e. The summed E-state index contributed by atoms with van der Waals surface area (Å²) in [7, 11) is 0. The van der Waals surface area contributed by atoms with Crippen molar-refractivity contribution in [2.75, 3.05) is 31.6 Å². The molecule has 5 heteroatoms. The zero-order valence-electron chi connectivity index (χ0n) is 17.0. The van der Waals surface area contributed by atoms with Crippen LogP contribution in [0.3, 0.4) is 0 Å². The Bertz CT molecular complexity index is 504. The molecule has 0 aliphatic rings. The van der Waals surface area contributed by atoms with Crippen LogP contribution in [0.2, 0.25) is 0 Å². The van der Waals surface area contributed by atoms with Crippen LogP contribution in [0, 0.1) is 0 Å². The first-order valence-electron chi connectivity index (χ1n) is 10.1. The summed E-state index contributed by atoms with van der Waals surface area (Å²) in [5.41, 5.74) is 0.661. The van der Waals surface area contributed by atoms with Crippen molar-refractivity contribution in [2.45, 2.75) is 65.9 Å². The summed E-state index contributed by atoms with van der Waals surface area (Å²) in [4.78, 5) is 13.6. The lowest BCUT2D eigenvalue weighted by atomic mass is 10.2. The van der Waals surface area contributed by atoms with Crippen LogP contribution in [0.4, 0.5) is 10.5 Å². The predicted molar refractivity (Wildman–Crippen MR) is 107 cm³/mol. The summed E-state index contributed by atoms with van der Waals surface area (Å²) in [5.74, 6) is 0.696. The molecular formula is C21H37N2O3+. The quantitative estimate of drug-likeness (QED) is 0.521. The lowest BCUT2D eigenvalue weighted by Gasteiger charge is -2.20. The van der Waals surface area contributed by atoms with Gasteiger partial charge in [-0.05, 0) is 39.3 Å². The number of anilines is 1. The Kier molecular flexibility index (Phi) is 11.5. The van der Waals surface area contributed by atoms with Gasteiger partial charge in [-0.15, -0.1) is 0 Å². The topological polar surface area (TPSA) is 52.0 Å². The van der Waals surface area contributed by atoms with E-state index in [9.17, 15) is 4.79 Å². The molecule has 5 nitrogen and oxygen atoms in total. The van der Waals surface area contributed by atoms with E-state index >= 15 is 0 Å². The first kappa shape index (κ1) is 22.3. The highest BCUT2D eigenvalue weighted by molar-refractivity contribution is 5.86. The third kappa shape index (κ3) is 9.09. The first-order chi connectivity index (χ1) is 12.6. The molecule has 1 aromatic carbocycles. The minimum atomic E-state index is -0.428. The summed E-state index contributed by atoms with van der Waals surface area (Å²) in [6.45, 7) is 12.0. The number of unbranched alkanes of at least 4 members (excludes halogenated alkanes) is 4. The van der Waals surface area contributed by atoms with Gasteiger partial charge >= 0.3 is 6.09 Å². The number of hydrogen-bond acceptors (Lipinski definition) is 3. The lowest BCUT2D eigenvalue weighted by molar-refractivity contribution is -0.899. The van der Waals surface area contributed by atoms with Crippen molar-refractivity contribution in [3.05, 3.63) is 24.3 Å². The molecule has 0 bridgehead atoms. The molecule has 1 amide bonds. The van der Waals surface area contributed by atoms with E-state index in [4.69, 9.17) is 9.47 Å². The van der Waals surface area contributed by atoms with Gasteiger partial charge in [0.25, 0.3) is 0 Å². The number of nitrogens with one attached hydrogen (secondary N) is 2. The minimum Gasteiger partial charge on any atom is -0.491 e. The van der Waals surface area contributed by atoms with Crippen LogP contribution in [0.1, 0.15) is 59.8 Å². The Balaban J connectivity index is 2.44. The molecule has 0 fully saturated rings. The molecule has 0 saturated heterocycles. The van der Waals surface area contributed by atoms with E-state index < -0.39 is 6.09 Å². The normalized spacial score (nSPS) is 12.0. The fourth-order valence-corrected chi connectivity index (χ4v) is 2.89. The second kappa shape index (κ2) is 13.5. The highest BCUT2D eigenvalue weighted by Gasteiger charge is 2.16.